The fourth-order valence-electron chi connectivity index (χ4n) is 2.80. The first-order chi connectivity index (χ1) is 11.9. The topological polar surface area (TPSA) is 92.0 Å². The van der Waals surface area contributed by atoms with E-state index in [1.807, 2.05) is 19.0 Å². The van der Waals surface area contributed by atoms with Crippen LogP contribution in [0.5, 0.6) is 5.75 Å². The molecule has 1 aromatic heterocycles. The van der Waals surface area contributed by atoms with Gasteiger partial charge in [0.25, 0.3) is 5.91 Å². The van der Waals surface area contributed by atoms with Crippen molar-refractivity contribution in [2.24, 2.45) is 0 Å². The molecule has 1 atom stereocenters. The number of ether oxygens (including phenoxy) is 1. The number of nitrogens with zero attached hydrogens (tertiary/aromatic N) is 1. The summed E-state index contributed by atoms with van der Waals surface area (Å²) in [6.45, 7) is 1.06. The summed E-state index contributed by atoms with van der Waals surface area (Å²) in [4.78, 5) is 25.6. The summed E-state index contributed by atoms with van der Waals surface area (Å²) in [7, 11) is 3.84. The Balaban J connectivity index is 1.77. The molecule has 3 rings (SSSR count). The minimum atomic E-state index is -1.02. The first-order valence-corrected chi connectivity index (χ1v) is 7.98. The maximum absolute atomic E-state index is 12.5. The molecule has 2 heterocycles. The molecule has 7 heteroatoms. The lowest BCUT2D eigenvalue weighted by atomic mass is 9.98. The second-order valence-electron chi connectivity index (χ2n) is 6.22. The number of nitrogens with one attached hydrogen (secondary N) is 1. The molecule has 1 aliphatic rings. The number of fused-ring (bicyclic) bond motifs is 1. The summed E-state index contributed by atoms with van der Waals surface area (Å²) in [5, 5.41) is 12.1. The van der Waals surface area contributed by atoms with Crippen molar-refractivity contribution in [2.75, 3.05) is 20.7 Å². The normalized spacial score (nSPS) is 16.2. The second kappa shape index (κ2) is 6.98. The van der Waals surface area contributed by atoms with Gasteiger partial charge < -0.3 is 24.5 Å². The largest absolute Gasteiger partial charge is 0.493 e. The van der Waals surface area contributed by atoms with Crippen molar-refractivity contribution in [3.63, 3.8) is 0 Å². The second-order valence-corrected chi connectivity index (χ2v) is 6.22. The van der Waals surface area contributed by atoms with Gasteiger partial charge in [-0.2, -0.15) is 0 Å². The quantitative estimate of drug-likeness (QED) is 0.865. The molecule has 2 aromatic rings. The number of hydrogen-bond donors (Lipinski definition) is 2. The summed E-state index contributed by atoms with van der Waals surface area (Å²) < 4.78 is 11.1. The Morgan fingerprint density at radius 1 is 1.28 bits per heavy atom. The van der Waals surface area contributed by atoms with Crippen molar-refractivity contribution in [1.82, 2.24) is 10.2 Å². The number of furan rings is 1. The number of amides is 1. The number of aromatic carboxylic acids is 1. The van der Waals surface area contributed by atoms with Gasteiger partial charge in [-0.05, 0) is 44.4 Å². The van der Waals surface area contributed by atoms with Gasteiger partial charge >= 0.3 is 5.97 Å². The van der Waals surface area contributed by atoms with E-state index in [1.54, 1.807) is 24.3 Å². The Bertz CT molecular complexity index is 797. The maximum atomic E-state index is 12.5. The first-order valence-electron chi connectivity index (χ1n) is 7.98. The highest BCUT2D eigenvalue weighted by Gasteiger charge is 2.25. The summed E-state index contributed by atoms with van der Waals surface area (Å²) in [6, 6.07) is 7.75. The summed E-state index contributed by atoms with van der Waals surface area (Å²) in [5.41, 5.74) is 0.828. The standard InChI is InChI=1S/C18H20N2O5/c1-20(2)10-12-4-6-16(25-12)17(21)19-14-7-8-24-15-5-3-11(18(22)23)9-13(14)15/h3-6,9,14H,7-8,10H2,1-2H3,(H,19,21)(H,22,23). The zero-order valence-electron chi connectivity index (χ0n) is 14.1. The van der Waals surface area contributed by atoms with E-state index in [1.165, 1.54) is 6.07 Å². The van der Waals surface area contributed by atoms with E-state index < -0.39 is 5.97 Å². The lowest BCUT2D eigenvalue weighted by Crippen LogP contribution is -2.32. The Morgan fingerprint density at radius 2 is 2.08 bits per heavy atom. The van der Waals surface area contributed by atoms with Gasteiger partial charge in [-0.1, -0.05) is 0 Å². The van der Waals surface area contributed by atoms with Gasteiger partial charge in [0, 0.05) is 12.0 Å². The van der Waals surface area contributed by atoms with Crippen LogP contribution in [0, 0.1) is 0 Å². The van der Waals surface area contributed by atoms with E-state index in [4.69, 9.17) is 14.3 Å². The van der Waals surface area contributed by atoms with Crippen molar-refractivity contribution in [1.29, 1.82) is 0 Å². The molecule has 0 aliphatic carbocycles. The number of carbonyl (C=O) groups excluding carboxylic acids is 1. The Hall–Kier alpha value is -2.80. The van der Waals surface area contributed by atoms with Gasteiger partial charge in [0.1, 0.15) is 11.5 Å². The Morgan fingerprint density at radius 3 is 2.80 bits per heavy atom. The Kier molecular flexibility index (Phi) is 4.76. The van der Waals surface area contributed by atoms with Crippen LogP contribution >= 0.6 is 0 Å². The smallest absolute Gasteiger partial charge is 0.335 e. The van der Waals surface area contributed by atoms with Crippen molar-refractivity contribution >= 4 is 11.9 Å². The molecule has 1 aromatic carbocycles. The first kappa shape index (κ1) is 17.0. The summed E-state index contributed by atoms with van der Waals surface area (Å²) >= 11 is 0. The minimum Gasteiger partial charge on any atom is -0.493 e. The highest BCUT2D eigenvalue weighted by atomic mass is 16.5. The van der Waals surface area contributed by atoms with Crippen LogP contribution in [-0.4, -0.2) is 42.6 Å². The van der Waals surface area contributed by atoms with Crippen LogP contribution in [0.2, 0.25) is 0 Å². The number of carbonyl (C=O) groups is 2. The van der Waals surface area contributed by atoms with Crippen LogP contribution in [0.25, 0.3) is 0 Å². The molecule has 0 spiro atoms. The SMILES string of the molecule is CN(C)Cc1ccc(C(=O)NC2CCOc3ccc(C(=O)O)cc32)o1. The molecule has 25 heavy (non-hydrogen) atoms. The minimum absolute atomic E-state index is 0.162. The lowest BCUT2D eigenvalue weighted by molar-refractivity contribution is 0.0696. The predicted octanol–water partition coefficient (Wildman–Crippen LogP) is 2.29. The third kappa shape index (κ3) is 3.83. The van der Waals surface area contributed by atoms with Crippen molar-refractivity contribution in [3.8, 4) is 5.75 Å². The number of carboxylic acid groups (broad SMARTS) is 1. The fourth-order valence-corrected chi connectivity index (χ4v) is 2.80. The average Bonchev–Trinajstić information content (AvgIpc) is 3.02. The van der Waals surface area contributed by atoms with Crippen molar-refractivity contribution in [2.45, 2.75) is 19.0 Å². The fraction of sp³-hybridized carbons (Fsp3) is 0.333. The molecule has 0 saturated carbocycles. The van der Waals surface area contributed by atoms with Gasteiger partial charge in [0.2, 0.25) is 0 Å². The van der Waals surface area contributed by atoms with Crippen molar-refractivity contribution in [3.05, 3.63) is 53.0 Å². The molecule has 1 unspecified atom stereocenters. The van der Waals surface area contributed by atoms with E-state index >= 15 is 0 Å². The maximum Gasteiger partial charge on any atom is 0.335 e. The molecule has 132 valence electrons. The van der Waals surface area contributed by atoms with E-state index in [2.05, 4.69) is 5.32 Å². The van der Waals surface area contributed by atoms with Gasteiger partial charge in [0.05, 0.1) is 24.8 Å². The van der Waals surface area contributed by atoms with Crippen LogP contribution < -0.4 is 10.1 Å². The third-order valence-corrected chi connectivity index (χ3v) is 3.96. The molecular formula is C18H20N2O5. The molecule has 1 aliphatic heterocycles. The van der Waals surface area contributed by atoms with Crippen LogP contribution in [-0.2, 0) is 6.54 Å². The predicted molar refractivity (Wildman–Crippen MR) is 89.8 cm³/mol. The summed E-state index contributed by atoms with van der Waals surface area (Å²) in [6.07, 6.45) is 0.563. The zero-order valence-corrected chi connectivity index (χ0v) is 14.1. The van der Waals surface area contributed by atoms with Crippen LogP contribution in [0.15, 0.2) is 34.7 Å². The van der Waals surface area contributed by atoms with Gasteiger partial charge in [0.15, 0.2) is 5.76 Å². The molecule has 0 fully saturated rings. The Labute approximate surface area is 145 Å². The van der Waals surface area contributed by atoms with Gasteiger partial charge in [-0.15, -0.1) is 0 Å². The average molecular weight is 344 g/mol. The number of hydrogen-bond acceptors (Lipinski definition) is 5. The van der Waals surface area contributed by atoms with E-state index in [-0.39, 0.29) is 23.3 Å². The zero-order chi connectivity index (χ0) is 18.0. The van der Waals surface area contributed by atoms with E-state index in [0.29, 0.717) is 36.6 Å². The number of carboxylic acids is 1. The summed E-state index contributed by atoms with van der Waals surface area (Å²) in [5.74, 6) is 0.186. The molecule has 1 amide bonds. The van der Waals surface area contributed by atoms with Gasteiger partial charge in [-0.3, -0.25) is 4.79 Å². The lowest BCUT2D eigenvalue weighted by Gasteiger charge is -2.26. The third-order valence-electron chi connectivity index (χ3n) is 3.96. The van der Waals surface area contributed by atoms with Crippen LogP contribution in [0.1, 0.15) is 44.7 Å². The van der Waals surface area contributed by atoms with E-state index in [0.717, 1.165) is 0 Å². The highest BCUT2D eigenvalue weighted by molar-refractivity contribution is 5.92. The van der Waals surface area contributed by atoms with E-state index in [9.17, 15) is 9.59 Å². The van der Waals surface area contributed by atoms with Crippen LogP contribution in [0.4, 0.5) is 0 Å². The number of benzene rings is 1. The molecule has 0 radical (unpaired) electrons. The monoisotopic (exact) mass is 344 g/mol. The molecule has 2 N–H and O–H groups in total. The highest BCUT2D eigenvalue weighted by Crippen LogP contribution is 2.33. The van der Waals surface area contributed by atoms with Crippen molar-refractivity contribution < 1.29 is 23.8 Å². The molecular weight excluding hydrogens is 324 g/mol. The van der Waals surface area contributed by atoms with Crippen LogP contribution in [0.3, 0.4) is 0 Å². The van der Waals surface area contributed by atoms with Gasteiger partial charge in [-0.25, -0.2) is 4.79 Å². The molecule has 7 nitrogen and oxygen atoms in total. The molecule has 0 saturated heterocycles. The molecule has 0 bridgehead atoms. The number of rotatable bonds is 5.